The van der Waals surface area contributed by atoms with Crippen LogP contribution in [0.2, 0.25) is 0 Å². The fourth-order valence-corrected chi connectivity index (χ4v) is 0.764. The highest BCUT2D eigenvalue weighted by atomic mass is 16.6. The molecule has 0 aromatic heterocycles. The molecule has 86 valence electrons. The Morgan fingerprint density at radius 1 is 1.27 bits per heavy atom. The summed E-state index contributed by atoms with van der Waals surface area (Å²) in [6, 6.07) is 0. The van der Waals surface area contributed by atoms with Crippen molar-refractivity contribution in [3.8, 4) is 0 Å². The van der Waals surface area contributed by atoms with Crippen molar-refractivity contribution < 1.29 is 19.1 Å². The van der Waals surface area contributed by atoms with Gasteiger partial charge in [0.1, 0.15) is 0 Å². The van der Waals surface area contributed by atoms with Crippen molar-refractivity contribution in [2.45, 2.75) is 33.8 Å². The van der Waals surface area contributed by atoms with Gasteiger partial charge in [0.25, 0.3) is 0 Å². The Morgan fingerprint density at radius 3 is 2.33 bits per heavy atom. The van der Waals surface area contributed by atoms with Gasteiger partial charge in [-0.05, 0) is 19.8 Å². The maximum Gasteiger partial charge on any atom is 0.347 e. The molecular weight excluding hydrogens is 196 g/mol. The molecule has 0 fully saturated rings. The van der Waals surface area contributed by atoms with E-state index >= 15 is 0 Å². The van der Waals surface area contributed by atoms with E-state index in [-0.39, 0.29) is 5.92 Å². The molecule has 4 nitrogen and oxygen atoms in total. The van der Waals surface area contributed by atoms with Gasteiger partial charge in [0, 0.05) is 6.08 Å². The number of hydrogen-bond donors (Lipinski definition) is 0. The highest BCUT2D eigenvalue weighted by Gasteiger charge is 2.18. The molecule has 0 aromatic carbocycles. The Hall–Kier alpha value is -1.32. The zero-order valence-electron chi connectivity index (χ0n) is 9.65. The fourth-order valence-electron chi connectivity index (χ4n) is 0.764. The van der Waals surface area contributed by atoms with Gasteiger partial charge in [-0.25, -0.2) is 9.59 Å². The molecule has 0 aliphatic carbocycles. The van der Waals surface area contributed by atoms with Crippen LogP contribution in [0.1, 0.15) is 27.7 Å². The van der Waals surface area contributed by atoms with Gasteiger partial charge in [-0.1, -0.05) is 19.9 Å². The topological polar surface area (TPSA) is 52.6 Å². The Kier molecular flexibility index (Phi) is 6.42. The van der Waals surface area contributed by atoms with E-state index in [1.165, 1.54) is 13.0 Å². The van der Waals surface area contributed by atoms with Gasteiger partial charge < -0.3 is 9.47 Å². The predicted molar refractivity (Wildman–Crippen MR) is 56.2 cm³/mol. The number of allylic oxidation sites excluding steroid dienone is 1. The number of ether oxygens (including phenoxy) is 2. The van der Waals surface area contributed by atoms with Crippen LogP contribution in [0.25, 0.3) is 0 Å². The van der Waals surface area contributed by atoms with Crippen LogP contribution in [0, 0.1) is 5.92 Å². The minimum absolute atomic E-state index is 0.271. The molecule has 0 saturated carbocycles. The van der Waals surface area contributed by atoms with Gasteiger partial charge in [0.15, 0.2) is 6.10 Å². The minimum atomic E-state index is -0.854. The Bertz CT molecular complexity index is 243. The summed E-state index contributed by atoms with van der Waals surface area (Å²) in [7, 11) is 0. The Morgan fingerprint density at radius 2 is 1.87 bits per heavy atom. The summed E-state index contributed by atoms with van der Waals surface area (Å²) in [6.45, 7) is 7.39. The summed E-state index contributed by atoms with van der Waals surface area (Å²) in [6.07, 6.45) is 1.95. The molecule has 0 rings (SSSR count). The van der Waals surface area contributed by atoms with Crippen LogP contribution in [0.4, 0.5) is 0 Å². The normalized spacial score (nSPS) is 12.9. The highest BCUT2D eigenvalue weighted by Crippen LogP contribution is 1.99. The first-order valence-electron chi connectivity index (χ1n) is 4.97. The van der Waals surface area contributed by atoms with E-state index in [1.54, 1.807) is 13.0 Å². The van der Waals surface area contributed by atoms with Crippen LogP contribution in [0.3, 0.4) is 0 Å². The maximum absolute atomic E-state index is 11.3. The van der Waals surface area contributed by atoms with Crippen molar-refractivity contribution in [2.75, 3.05) is 6.61 Å². The van der Waals surface area contributed by atoms with Crippen molar-refractivity contribution in [3.63, 3.8) is 0 Å². The van der Waals surface area contributed by atoms with Gasteiger partial charge in [0.2, 0.25) is 0 Å². The summed E-state index contributed by atoms with van der Waals surface area (Å²) in [5, 5.41) is 0. The lowest BCUT2D eigenvalue weighted by Gasteiger charge is -2.12. The molecule has 0 aliphatic heterocycles. The van der Waals surface area contributed by atoms with E-state index < -0.39 is 18.0 Å². The summed E-state index contributed by atoms with van der Waals surface area (Å²) in [4.78, 5) is 22.2. The van der Waals surface area contributed by atoms with Gasteiger partial charge in [-0.2, -0.15) is 0 Å². The zero-order valence-corrected chi connectivity index (χ0v) is 9.65. The Labute approximate surface area is 90.2 Å². The van der Waals surface area contributed by atoms with Gasteiger partial charge in [0.05, 0.1) is 6.61 Å². The summed E-state index contributed by atoms with van der Waals surface area (Å²) in [5.41, 5.74) is 0. The molecule has 0 radical (unpaired) electrons. The third kappa shape index (κ3) is 6.71. The number of carbonyl (C=O) groups is 2. The van der Waals surface area contributed by atoms with Crippen molar-refractivity contribution in [2.24, 2.45) is 5.92 Å². The van der Waals surface area contributed by atoms with E-state index in [4.69, 9.17) is 9.47 Å². The van der Waals surface area contributed by atoms with Crippen LogP contribution in [-0.4, -0.2) is 24.6 Å². The summed E-state index contributed by atoms with van der Waals surface area (Å²) in [5.74, 6) is -0.777. The first kappa shape index (κ1) is 13.7. The molecule has 0 heterocycles. The van der Waals surface area contributed by atoms with Crippen LogP contribution >= 0.6 is 0 Å². The lowest BCUT2D eigenvalue weighted by atomic mass is 10.2. The monoisotopic (exact) mass is 214 g/mol. The predicted octanol–water partition coefficient (Wildman–Crippen LogP) is 1.69. The molecule has 15 heavy (non-hydrogen) atoms. The molecule has 0 spiro atoms. The second-order valence-corrected chi connectivity index (χ2v) is 3.60. The first-order chi connectivity index (χ1) is 6.97. The van der Waals surface area contributed by atoms with Crippen LogP contribution in [-0.2, 0) is 19.1 Å². The number of carbonyl (C=O) groups excluding carboxylic acids is 2. The average Bonchev–Trinajstić information content (AvgIpc) is 2.14. The van der Waals surface area contributed by atoms with Crippen LogP contribution in [0.5, 0.6) is 0 Å². The standard InChI is InChI=1S/C11H18O4/c1-5-6-10(12)15-9(4)11(13)14-7-8(2)3/h5-6,8-9H,7H2,1-4H3/b6-5-. The molecule has 0 amide bonds. The van der Waals surface area contributed by atoms with Crippen molar-refractivity contribution in [1.82, 2.24) is 0 Å². The third-order valence-corrected chi connectivity index (χ3v) is 1.49. The van der Waals surface area contributed by atoms with E-state index in [2.05, 4.69) is 0 Å². The molecular formula is C11H18O4. The van der Waals surface area contributed by atoms with Gasteiger partial charge in [-0.3, -0.25) is 0 Å². The zero-order chi connectivity index (χ0) is 11.8. The van der Waals surface area contributed by atoms with Gasteiger partial charge in [-0.15, -0.1) is 0 Å². The third-order valence-electron chi connectivity index (χ3n) is 1.49. The Balaban J connectivity index is 3.93. The molecule has 4 heteroatoms. The molecule has 0 saturated heterocycles. The number of hydrogen-bond acceptors (Lipinski definition) is 4. The average molecular weight is 214 g/mol. The van der Waals surface area contributed by atoms with E-state index in [0.29, 0.717) is 6.61 Å². The van der Waals surface area contributed by atoms with Crippen molar-refractivity contribution in [3.05, 3.63) is 12.2 Å². The maximum atomic E-state index is 11.3. The lowest BCUT2D eigenvalue weighted by molar-refractivity contribution is -0.164. The van der Waals surface area contributed by atoms with Gasteiger partial charge >= 0.3 is 11.9 Å². The second kappa shape index (κ2) is 7.04. The highest BCUT2D eigenvalue weighted by molar-refractivity contribution is 5.85. The smallest absolute Gasteiger partial charge is 0.347 e. The molecule has 1 unspecified atom stereocenters. The van der Waals surface area contributed by atoms with Crippen molar-refractivity contribution in [1.29, 1.82) is 0 Å². The van der Waals surface area contributed by atoms with E-state index in [0.717, 1.165) is 0 Å². The fraction of sp³-hybridized carbons (Fsp3) is 0.636. The minimum Gasteiger partial charge on any atom is -0.463 e. The molecule has 0 aromatic rings. The molecule has 1 atom stereocenters. The number of esters is 2. The summed E-state index contributed by atoms with van der Waals surface area (Å²) >= 11 is 0. The van der Waals surface area contributed by atoms with E-state index in [1.807, 2.05) is 13.8 Å². The largest absolute Gasteiger partial charge is 0.463 e. The SMILES string of the molecule is C/C=C\C(=O)OC(C)C(=O)OCC(C)C. The first-order valence-corrected chi connectivity index (χ1v) is 4.97. The van der Waals surface area contributed by atoms with Crippen LogP contribution in [0.15, 0.2) is 12.2 Å². The number of rotatable bonds is 5. The summed E-state index contributed by atoms with van der Waals surface area (Å²) < 4.78 is 9.69. The van der Waals surface area contributed by atoms with Crippen LogP contribution < -0.4 is 0 Å². The lowest BCUT2D eigenvalue weighted by Crippen LogP contribution is -2.26. The quantitative estimate of drug-likeness (QED) is 0.516. The second-order valence-electron chi connectivity index (χ2n) is 3.60. The molecule has 0 N–H and O–H groups in total. The van der Waals surface area contributed by atoms with E-state index in [9.17, 15) is 9.59 Å². The molecule has 0 aliphatic rings. The van der Waals surface area contributed by atoms with Crippen molar-refractivity contribution >= 4 is 11.9 Å². The molecule has 0 bridgehead atoms.